The molecule has 1 heterocycles. The van der Waals surface area contributed by atoms with Crippen molar-refractivity contribution in [3.8, 4) is 0 Å². The molecule has 1 aromatic carbocycles. The second kappa shape index (κ2) is 3.94. The maximum atomic E-state index is 11.5. The van der Waals surface area contributed by atoms with Crippen LogP contribution in [-0.2, 0) is 9.59 Å². The summed E-state index contributed by atoms with van der Waals surface area (Å²) in [6.07, 6.45) is -0.00489. The van der Waals surface area contributed by atoms with E-state index in [0.29, 0.717) is 10.7 Å². The van der Waals surface area contributed by atoms with Crippen LogP contribution in [0.3, 0.4) is 0 Å². The van der Waals surface area contributed by atoms with Crippen molar-refractivity contribution in [3.63, 3.8) is 0 Å². The lowest BCUT2D eigenvalue weighted by atomic mass is 10.3. The highest BCUT2D eigenvalue weighted by atomic mass is 79.9. The number of carbonyl (C=O) groups excluding carboxylic acids is 2. The monoisotopic (exact) mass is 287 g/mol. The van der Waals surface area contributed by atoms with Gasteiger partial charge in [0.25, 0.3) is 0 Å². The van der Waals surface area contributed by atoms with Crippen molar-refractivity contribution in [2.45, 2.75) is 6.42 Å². The van der Waals surface area contributed by atoms with E-state index in [2.05, 4.69) is 15.9 Å². The van der Waals surface area contributed by atoms with Crippen LogP contribution in [0.2, 0.25) is 5.02 Å². The fourth-order valence-electron chi connectivity index (χ4n) is 1.50. The molecule has 0 bridgehead atoms. The van der Waals surface area contributed by atoms with Crippen LogP contribution in [0.4, 0.5) is 5.69 Å². The van der Waals surface area contributed by atoms with Gasteiger partial charge in [-0.05, 0) is 34.1 Å². The number of ketones is 1. The molecular formula is C10H7BrClNO2. The lowest BCUT2D eigenvalue weighted by molar-refractivity contribution is -0.121. The van der Waals surface area contributed by atoms with Crippen LogP contribution in [-0.4, -0.2) is 18.2 Å². The molecule has 2 rings (SSSR count). The molecule has 0 aliphatic carbocycles. The summed E-state index contributed by atoms with van der Waals surface area (Å²) in [5.41, 5.74) is 0.690. The van der Waals surface area contributed by atoms with Gasteiger partial charge in [0.15, 0.2) is 5.78 Å². The standard InChI is InChI=1S/C10H7BrClNO2/c11-8-3-6(12)1-2-9(8)13-5-7(14)4-10(13)15/h1-3H,4-5H2. The summed E-state index contributed by atoms with van der Waals surface area (Å²) in [6.45, 7) is 0.152. The zero-order valence-electron chi connectivity index (χ0n) is 7.67. The molecule has 0 spiro atoms. The fraction of sp³-hybridized carbons (Fsp3) is 0.200. The fourth-order valence-corrected chi connectivity index (χ4v) is 2.40. The van der Waals surface area contributed by atoms with E-state index in [1.54, 1.807) is 18.2 Å². The summed E-state index contributed by atoms with van der Waals surface area (Å²) in [5.74, 6) is -0.218. The highest BCUT2D eigenvalue weighted by molar-refractivity contribution is 9.10. The van der Waals surface area contributed by atoms with Gasteiger partial charge < -0.3 is 4.90 Å². The van der Waals surface area contributed by atoms with Gasteiger partial charge in [0.05, 0.1) is 18.7 Å². The lowest BCUT2D eigenvalue weighted by Gasteiger charge is -2.16. The smallest absolute Gasteiger partial charge is 0.234 e. The zero-order valence-corrected chi connectivity index (χ0v) is 10.0. The van der Waals surface area contributed by atoms with E-state index < -0.39 is 0 Å². The SMILES string of the molecule is O=C1CC(=O)N(c2ccc(Cl)cc2Br)C1. The summed E-state index contributed by atoms with van der Waals surface area (Å²) >= 11 is 9.10. The molecule has 0 N–H and O–H groups in total. The number of halogens is 2. The molecule has 0 aromatic heterocycles. The second-order valence-corrected chi connectivity index (χ2v) is 4.58. The van der Waals surface area contributed by atoms with Crippen LogP contribution in [0.1, 0.15) is 6.42 Å². The Morgan fingerprint density at radius 1 is 1.33 bits per heavy atom. The predicted molar refractivity (Wildman–Crippen MR) is 61.1 cm³/mol. The van der Waals surface area contributed by atoms with E-state index in [1.807, 2.05) is 0 Å². The lowest BCUT2D eigenvalue weighted by Crippen LogP contribution is -2.24. The largest absolute Gasteiger partial charge is 0.303 e. The molecular weight excluding hydrogens is 281 g/mol. The van der Waals surface area contributed by atoms with Gasteiger partial charge in [-0.2, -0.15) is 0 Å². The van der Waals surface area contributed by atoms with Crippen molar-refractivity contribution in [2.75, 3.05) is 11.4 Å². The van der Waals surface area contributed by atoms with Crippen LogP contribution in [0, 0.1) is 0 Å². The summed E-state index contributed by atoms with van der Waals surface area (Å²) in [4.78, 5) is 24.0. The van der Waals surface area contributed by atoms with E-state index in [0.717, 1.165) is 4.47 Å². The molecule has 78 valence electrons. The highest BCUT2D eigenvalue weighted by Gasteiger charge is 2.29. The van der Waals surface area contributed by atoms with E-state index >= 15 is 0 Å². The molecule has 0 saturated carbocycles. The molecule has 1 fully saturated rings. The van der Waals surface area contributed by atoms with Crippen LogP contribution >= 0.6 is 27.5 Å². The minimum absolute atomic E-state index is 0.00489. The topological polar surface area (TPSA) is 37.4 Å². The molecule has 1 saturated heterocycles. The Bertz CT molecular complexity index is 447. The number of amides is 1. The van der Waals surface area contributed by atoms with Gasteiger partial charge in [0, 0.05) is 9.50 Å². The summed E-state index contributed by atoms with van der Waals surface area (Å²) in [5, 5.41) is 0.587. The number of Topliss-reactive ketones (excluding diaryl/α,β-unsaturated/α-hetero) is 1. The Labute approximate surface area is 100 Å². The first-order chi connectivity index (χ1) is 7.08. The van der Waals surface area contributed by atoms with Crippen LogP contribution < -0.4 is 4.90 Å². The third-order valence-corrected chi connectivity index (χ3v) is 3.05. The van der Waals surface area contributed by atoms with Gasteiger partial charge in [-0.25, -0.2) is 0 Å². The van der Waals surface area contributed by atoms with Gasteiger partial charge >= 0.3 is 0 Å². The molecule has 5 heteroatoms. The third kappa shape index (κ3) is 2.06. The van der Waals surface area contributed by atoms with Gasteiger partial charge in [0.2, 0.25) is 5.91 Å². The Morgan fingerprint density at radius 2 is 2.07 bits per heavy atom. The highest BCUT2D eigenvalue weighted by Crippen LogP contribution is 2.31. The van der Waals surface area contributed by atoms with Crippen molar-refractivity contribution in [1.29, 1.82) is 0 Å². The number of rotatable bonds is 1. The van der Waals surface area contributed by atoms with Gasteiger partial charge in [-0.3, -0.25) is 9.59 Å². The van der Waals surface area contributed by atoms with Gasteiger partial charge in [-0.1, -0.05) is 11.6 Å². The van der Waals surface area contributed by atoms with Gasteiger partial charge in [0.1, 0.15) is 0 Å². The predicted octanol–water partition coefficient (Wildman–Crippen LogP) is 2.41. The molecule has 1 aliphatic rings. The van der Waals surface area contributed by atoms with Crippen molar-refractivity contribution < 1.29 is 9.59 Å². The number of anilines is 1. The Hall–Kier alpha value is -0.870. The molecule has 1 amide bonds. The Balaban J connectivity index is 2.38. The molecule has 0 atom stereocenters. The molecule has 15 heavy (non-hydrogen) atoms. The average molecular weight is 289 g/mol. The van der Waals surface area contributed by atoms with Gasteiger partial charge in [-0.15, -0.1) is 0 Å². The van der Waals surface area contributed by atoms with E-state index in [4.69, 9.17) is 11.6 Å². The van der Waals surface area contributed by atoms with E-state index in [-0.39, 0.29) is 24.7 Å². The van der Waals surface area contributed by atoms with Crippen molar-refractivity contribution in [3.05, 3.63) is 27.7 Å². The van der Waals surface area contributed by atoms with E-state index in [9.17, 15) is 9.59 Å². The third-order valence-electron chi connectivity index (χ3n) is 2.18. The Kier molecular flexibility index (Phi) is 2.80. The average Bonchev–Trinajstić information content (AvgIpc) is 2.45. The zero-order chi connectivity index (χ0) is 11.0. The van der Waals surface area contributed by atoms with Crippen LogP contribution in [0.25, 0.3) is 0 Å². The first kappa shape index (κ1) is 10.6. The number of nitrogens with zero attached hydrogens (tertiary/aromatic N) is 1. The molecule has 3 nitrogen and oxygen atoms in total. The quantitative estimate of drug-likeness (QED) is 0.744. The minimum atomic E-state index is -0.164. The van der Waals surface area contributed by atoms with E-state index in [1.165, 1.54) is 4.90 Å². The van der Waals surface area contributed by atoms with Crippen LogP contribution in [0.15, 0.2) is 22.7 Å². The number of carbonyl (C=O) groups is 2. The summed E-state index contributed by atoms with van der Waals surface area (Å²) in [7, 11) is 0. The normalized spacial score (nSPS) is 16.3. The van der Waals surface area contributed by atoms with Crippen molar-refractivity contribution >= 4 is 44.9 Å². The minimum Gasteiger partial charge on any atom is -0.303 e. The maximum Gasteiger partial charge on any atom is 0.234 e. The maximum absolute atomic E-state index is 11.5. The first-order valence-corrected chi connectivity index (χ1v) is 5.52. The molecule has 1 aliphatic heterocycles. The summed E-state index contributed by atoms with van der Waals surface area (Å²) < 4.78 is 0.720. The summed E-state index contributed by atoms with van der Waals surface area (Å²) in [6, 6.07) is 5.12. The van der Waals surface area contributed by atoms with Crippen LogP contribution in [0.5, 0.6) is 0 Å². The van der Waals surface area contributed by atoms with Crippen molar-refractivity contribution in [1.82, 2.24) is 0 Å². The number of benzene rings is 1. The number of hydrogen-bond donors (Lipinski definition) is 0. The molecule has 1 aromatic rings. The Morgan fingerprint density at radius 3 is 2.60 bits per heavy atom. The molecule has 0 unspecified atom stereocenters. The molecule has 0 radical (unpaired) electrons. The first-order valence-electron chi connectivity index (χ1n) is 4.35. The van der Waals surface area contributed by atoms with Crippen molar-refractivity contribution in [2.24, 2.45) is 0 Å². The number of hydrogen-bond acceptors (Lipinski definition) is 2. The second-order valence-electron chi connectivity index (χ2n) is 3.29.